The van der Waals surface area contributed by atoms with E-state index in [4.69, 9.17) is 14.6 Å². The molecule has 42 heavy (non-hydrogen) atoms. The quantitative estimate of drug-likeness (QED) is 0.234. The smallest absolute Gasteiger partial charge is 0.291 e. The van der Waals surface area contributed by atoms with Crippen molar-refractivity contribution in [3.8, 4) is 28.4 Å². The molecular weight excluding hydrogens is 553 g/mol. The molecule has 8 nitrogen and oxygen atoms in total. The van der Waals surface area contributed by atoms with Crippen molar-refractivity contribution >= 4 is 34.5 Å². The Hall–Kier alpha value is -5.09. The summed E-state index contributed by atoms with van der Waals surface area (Å²) in [6, 6.07) is 20.2. The Balaban J connectivity index is 1.36. The topological polar surface area (TPSA) is 83.5 Å². The zero-order chi connectivity index (χ0) is 29.2. The Bertz CT molecular complexity index is 2050. The minimum Gasteiger partial charge on any atom is -0.493 e. The van der Waals surface area contributed by atoms with Crippen molar-refractivity contribution in [1.29, 1.82) is 0 Å². The fourth-order valence-corrected chi connectivity index (χ4v) is 5.37. The Morgan fingerprint density at radius 3 is 2.57 bits per heavy atom. The van der Waals surface area contributed by atoms with Gasteiger partial charge in [-0.2, -0.15) is 14.6 Å². The molecule has 0 N–H and O–H groups in total. The van der Waals surface area contributed by atoms with Crippen molar-refractivity contribution in [3.63, 3.8) is 0 Å². The third kappa shape index (κ3) is 5.31. The zero-order valence-electron chi connectivity index (χ0n) is 23.1. The number of ether oxygens (including phenoxy) is 2. The fraction of sp³-hybridized carbons (Fsp3) is 0.125. The van der Waals surface area contributed by atoms with Gasteiger partial charge in [-0.25, -0.2) is 9.07 Å². The van der Waals surface area contributed by atoms with Gasteiger partial charge >= 0.3 is 0 Å². The van der Waals surface area contributed by atoms with Gasteiger partial charge in [0.05, 0.1) is 23.9 Å². The third-order valence-electron chi connectivity index (χ3n) is 6.61. The standard InChI is InChI=1S/C32H26FN5O3S/c1-4-41-26-14-11-21(16-27(26)40-3)12-15-29-34-32-38(35-29)31(39)28(42-32)18-23-19-37(24-8-6-5-7-9-24)36-30(23)22-13-10-20(2)25(33)17-22/h5-19H,4H2,1-3H3/b15-12+,28-18-. The first kappa shape index (κ1) is 27.1. The van der Waals surface area contributed by atoms with Gasteiger partial charge in [0.2, 0.25) is 4.96 Å². The fourth-order valence-electron chi connectivity index (χ4n) is 4.46. The highest BCUT2D eigenvalue weighted by molar-refractivity contribution is 7.15. The molecule has 10 heteroatoms. The highest BCUT2D eigenvalue weighted by Crippen LogP contribution is 2.29. The second-order valence-corrected chi connectivity index (χ2v) is 10.4. The molecule has 3 aromatic carbocycles. The average molecular weight is 580 g/mol. The van der Waals surface area contributed by atoms with E-state index in [0.717, 1.165) is 11.3 Å². The highest BCUT2D eigenvalue weighted by atomic mass is 32.1. The van der Waals surface area contributed by atoms with E-state index in [9.17, 15) is 9.18 Å². The van der Waals surface area contributed by atoms with Crippen LogP contribution in [0.4, 0.5) is 4.39 Å². The van der Waals surface area contributed by atoms with Crippen LogP contribution in [0.3, 0.4) is 0 Å². The van der Waals surface area contributed by atoms with Crippen molar-refractivity contribution < 1.29 is 13.9 Å². The number of hydrogen-bond acceptors (Lipinski definition) is 7. The molecule has 0 aliphatic rings. The molecule has 6 rings (SSSR count). The van der Waals surface area contributed by atoms with Crippen LogP contribution in [0, 0.1) is 12.7 Å². The Morgan fingerprint density at radius 1 is 1.00 bits per heavy atom. The first-order chi connectivity index (χ1) is 20.4. The van der Waals surface area contributed by atoms with Crippen LogP contribution in [0.1, 0.15) is 29.4 Å². The average Bonchev–Trinajstić information content (AvgIpc) is 3.69. The summed E-state index contributed by atoms with van der Waals surface area (Å²) in [6.07, 6.45) is 7.17. The first-order valence-electron chi connectivity index (χ1n) is 13.3. The minimum absolute atomic E-state index is 0.293. The summed E-state index contributed by atoms with van der Waals surface area (Å²) in [4.78, 5) is 18.3. The molecule has 0 atom stereocenters. The monoisotopic (exact) mass is 579 g/mol. The minimum atomic E-state index is -0.319. The molecule has 0 aliphatic heterocycles. The largest absolute Gasteiger partial charge is 0.493 e. The lowest BCUT2D eigenvalue weighted by molar-refractivity contribution is 0.311. The highest BCUT2D eigenvalue weighted by Gasteiger charge is 2.15. The predicted molar refractivity (Wildman–Crippen MR) is 163 cm³/mol. The maximum absolute atomic E-state index is 14.5. The van der Waals surface area contributed by atoms with Gasteiger partial charge in [-0.1, -0.05) is 53.8 Å². The number of rotatable bonds is 8. The summed E-state index contributed by atoms with van der Waals surface area (Å²) in [7, 11) is 1.59. The van der Waals surface area contributed by atoms with Crippen LogP contribution in [0.15, 0.2) is 77.7 Å². The molecule has 0 fully saturated rings. The molecule has 0 amide bonds. The van der Waals surface area contributed by atoms with Crippen LogP contribution in [0.5, 0.6) is 11.5 Å². The first-order valence-corrected chi connectivity index (χ1v) is 14.1. The Labute approximate surface area is 244 Å². The normalized spacial score (nSPS) is 12.0. The maximum atomic E-state index is 14.5. The number of fused-ring (bicyclic) bond motifs is 1. The lowest BCUT2D eigenvalue weighted by atomic mass is 10.1. The molecule has 0 spiro atoms. The lowest BCUT2D eigenvalue weighted by Gasteiger charge is -2.09. The van der Waals surface area contributed by atoms with Crippen LogP contribution in [-0.2, 0) is 0 Å². The molecule has 0 saturated carbocycles. The van der Waals surface area contributed by atoms with E-state index < -0.39 is 0 Å². The van der Waals surface area contributed by atoms with E-state index in [-0.39, 0.29) is 11.4 Å². The Morgan fingerprint density at radius 2 is 1.83 bits per heavy atom. The summed E-state index contributed by atoms with van der Waals surface area (Å²) in [5.74, 6) is 1.39. The van der Waals surface area contributed by atoms with Crippen LogP contribution in [-0.4, -0.2) is 38.1 Å². The van der Waals surface area contributed by atoms with E-state index >= 15 is 0 Å². The van der Waals surface area contributed by atoms with Crippen molar-refractivity contribution in [2.75, 3.05) is 13.7 Å². The van der Waals surface area contributed by atoms with Gasteiger partial charge in [-0.15, -0.1) is 5.10 Å². The number of methoxy groups -OCH3 is 1. The van der Waals surface area contributed by atoms with Gasteiger partial charge in [-0.05, 0) is 67.5 Å². The number of halogens is 1. The van der Waals surface area contributed by atoms with Gasteiger partial charge in [0.25, 0.3) is 5.56 Å². The summed E-state index contributed by atoms with van der Waals surface area (Å²) in [6.45, 7) is 4.17. The van der Waals surface area contributed by atoms with Crippen molar-refractivity contribution in [2.45, 2.75) is 13.8 Å². The van der Waals surface area contributed by atoms with E-state index in [2.05, 4.69) is 10.1 Å². The molecule has 210 valence electrons. The lowest BCUT2D eigenvalue weighted by Crippen LogP contribution is -2.23. The zero-order valence-corrected chi connectivity index (χ0v) is 23.9. The van der Waals surface area contributed by atoms with E-state index in [1.165, 1.54) is 21.9 Å². The van der Waals surface area contributed by atoms with Gasteiger partial charge in [0.15, 0.2) is 17.3 Å². The Kier molecular flexibility index (Phi) is 7.37. The van der Waals surface area contributed by atoms with Gasteiger partial charge in [0.1, 0.15) is 11.5 Å². The number of para-hydroxylation sites is 1. The number of aromatic nitrogens is 5. The summed E-state index contributed by atoms with van der Waals surface area (Å²) < 4.78 is 28.9. The molecule has 3 heterocycles. The van der Waals surface area contributed by atoms with Crippen molar-refractivity contribution in [3.05, 3.63) is 116 Å². The third-order valence-corrected chi connectivity index (χ3v) is 7.56. The second-order valence-electron chi connectivity index (χ2n) is 9.43. The number of nitrogens with zero attached hydrogens (tertiary/aromatic N) is 5. The van der Waals surface area contributed by atoms with E-state index in [1.54, 1.807) is 36.9 Å². The number of thiazole rings is 1. The molecule has 0 saturated heterocycles. The predicted octanol–water partition coefficient (Wildman–Crippen LogP) is 5.58. The van der Waals surface area contributed by atoms with E-state index in [0.29, 0.717) is 55.8 Å². The number of hydrogen-bond donors (Lipinski definition) is 0. The summed E-state index contributed by atoms with van der Waals surface area (Å²) >= 11 is 1.23. The molecular formula is C32H26FN5O3S. The number of benzene rings is 3. The molecule has 0 unspecified atom stereocenters. The molecule has 0 aliphatic carbocycles. The molecule has 0 radical (unpaired) electrons. The van der Waals surface area contributed by atoms with Crippen molar-refractivity contribution in [1.82, 2.24) is 24.4 Å². The van der Waals surface area contributed by atoms with Crippen LogP contribution < -0.4 is 19.6 Å². The van der Waals surface area contributed by atoms with Gasteiger partial charge in [-0.3, -0.25) is 4.79 Å². The molecule has 6 aromatic rings. The van der Waals surface area contributed by atoms with Crippen LogP contribution in [0.25, 0.3) is 40.1 Å². The van der Waals surface area contributed by atoms with Gasteiger partial charge in [0, 0.05) is 17.3 Å². The maximum Gasteiger partial charge on any atom is 0.291 e. The summed E-state index contributed by atoms with van der Waals surface area (Å²) in [5, 5.41) is 9.15. The SMILES string of the molecule is CCOc1ccc(/C=C/c2nc3s/c(=C\c4cn(-c5ccccc5)nc4-c4ccc(C)c(F)c4)c(=O)n3n2)cc1OC. The molecule has 3 aromatic heterocycles. The van der Waals surface area contributed by atoms with E-state index in [1.807, 2.05) is 73.8 Å². The second kappa shape index (κ2) is 11.4. The van der Waals surface area contributed by atoms with Crippen LogP contribution >= 0.6 is 11.3 Å². The number of aryl methyl sites for hydroxylation is 1. The van der Waals surface area contributed by atoms with Crippen LogP contribution in [0.2, 0.25) is 0 Å². The van der Waals surface area contributed by atoms with Gasteiger partial charge < -0.3 is 9.47 Å². The van der Waals surface area contributed by atoms with Crippen molar-refractivity contribution in [2.24, 2.45) is 0 Å². The summed E-state index contributed by atoms with van der Waals surface area (Å²) in [5.41, 5.74) is 3.82. The molecule has 0 bridgehead atoms.